The molecule has 2 saturated heterocycles. The SMILES string of the molecule is Cc1ccc(NC(=O)c2cnc3c(c2)C(C)(F)CC3)cc1-c1cc(OCCOC2CCCCO2)nc(N2CCOCC2)c1. The minimum Gasteiger partial charge on any atom is -0.475 e. The second-order valence-corrected chi connectivity index (χ2v) is 11.6. The lowest BCUT2D eigenvalue weighted by molar-refractivity contribution is -0.165. The molecule has 10 heteroatoms. The predicted molar refractivity (Wildman–Crippen MR) is 161 cm³/mol. The third-order valence-electron chi connectivity index (χ3n) is 8.33. The Balaban J connectivity index is 1.21. The number of pyridine rings is 2. The molecule has 2 aromatic heterocycles. The van der Waals surface area contributed by atoms with Gasteiger partial charge in [-0.15, -0.1) is 0 Å². The third-order valence-corrected chi connectivity index (χ3v) is 8.33. The summed E-state index contributed by atoms with van der Waals surface area (Å²) in [6, 6.07) is 11.4. The summed E-state index contributed by atoms with van der Waals surface area (Å²) in [5.41, 5.74) is 3.61. The van der Waals surface area contributed by atoms with Crippen molar-refractivity contribution in [3.8, 4) is 17.0 Å². The fourth-order valence-corrected chi connectivity index (χ4v) is 5.81. The molecule has 1 aliphatic carbocycles. The summed E-state index contributed by atoms with van der Waals surface area (Å²) in [5, 5.41) is 2.98. The Labute approximate surface area is 251 Å². The molecule has 228 valence electrons. The molecule has 6 rings (SSSR count). The molecule has 0 radical (unpaired) electrons. The number of anilines is 2. The molecule has 1 aromatic carbocycles. The molecule has 0 saturated carbocycles. The van der Waals surface area contributed by atoms with Gasteiger partial charge in [-0.1, -0.05) is 6.07 Å². The molecule has 9 nitrogen and oxygen atoms in total. The van der Waals surface area contributed by atoms with Crippen molar-refractivity contribution in [1.82, 2.24) is 9.97 Å². The van der Waals surface area contributed by atoms with Gasteiger partial charge < -0.3 is 29.2 Å². The number of hydrogen-bond donors (Lipinski definition) is 1. The molecule has 2 fully saturated rings. The van der Waals surface area contributed by atoms with Gasteiger partial charge >= 0.3 is 0 Å². The quantitative estimate of drug-likeness (QED) is 0.322. The first-order valence-corrected chi connectivity index (χ1v) is 15.2. The van der Waals surface area contributed by atoms with E-state index in [-0.39, 0.29) is 12.2 Å². The topological polar surface area (TPSA) is 95.0 Å². The number of ether oxygens (including phenoxy) is 4. The maximum absolute atomic E-state index is 14.9. The zero-order valence-corrected chi connectivity index (χ0v) is 24.9. The normalized spacial score (nSPS) is 21.8. The van der Waals surface area contributed by atoms with Crippen molar-refractivity contribution in [2.75, 3.05) is 56.3 Å². The second kappa shape index (κ2) is 13.0. The molecule has 2 aliphatic heterocycles. The lowest BCUT2D eigenvalue weighted by Gasteiger charge is -2.28. The Kier molecular flexibility index (Phi) is 8.88. The van der Waals surface area contributed by atoms with Crippen LogP contribution in [0.5, 0.6) is 5.88 Å². The summed E-state index contributed by atoms with van der Waals surface area (Å²) >= 11 is 0. The number of morpholine rings is 1. The number of amides is 1. The molecule has 3 aromatic rings. The van der Waals surface area contributed by atoms with Crippen LogP contribution in [0.25, 0.3) is 11.1 Å². The first-order chi connectivity index (χ1) is 20.9. The van der Waals surface area contributed by atoms with E-state index in [1.54, 1.807) is 13.0 Å². The highest BCUT2D eigenvalue weighted by molar-refractivity contribution is 6.04. The van der Waals surface area contributed by atoms with Crippen LogP contribution in [0.3, 0.4) is 0 Å². The number of aromatic nitrogens is 2. The highest BCUT2D eigenvalue weighted by Gasteiger charge is 2.35. The summed E-state index contributed by atoms with van der Waals surface area (Å²) in [4.78, 5) is 24.5. The van der Waals surface area contributed by atoms with Crippen molar-refractivity contribution in [1.29, 1.82) is 0 Å². The van der Waals surface area contributed by atoms with Gasteiger partial charge in [0.1, 0.15) is 18.1 Å². The number of carbonyl (C=O) groups excluding carboxylic acids is 1. The second-order valence-electron chi connectivity index (χ2n) is 11.6. The average Bonchev–Trinajstić information content (AvgIpc) is 3.34. The summed E-state index contributed by atoms with van der Waals surface area (Å²) in [6.07, 6.45) is 5.40. The maximum atomic E-state index is 14.9. The Morgan fingerprint density at radius 3 is 2.81 bits per heavy atom. The highest BCUT2D eigenvalue weighted by Crippen LogP contribution is 2.39. The van der Waals surface area contributed by atoms with Crippen LogP contribution in [0.4, 0.5) is 15.9 Å². The van der Waals surface area contributed by atoms with Gasteiger partial charge in [-0.2, -0.15) is 4.98 Å². The minimum atomic E-state index is -1.47. The molecule has 2 atom stereocenters. The first-order valence-electron chi connectivity index (χ1n) is 15.2. The van der Waals surface area contributed by atoms with Gasteiger partial charge in [0, 0.05) is 48.9 Å². The molecule has 43 heavy (non-hydrogen) atoms. The van der Waals surface area contributed by atoms with Gasteiger partial charge in [-0.25, -0.2) is 4.39 Å². The Hall–Kier alpha value is -3.60. The molecule has 0 spiro atoms. The fourth-order valence-electron chi connectivity index (χ4n) is 5.81. The number of nitrogens with zero attached hydrogens (tertiary/aromatic N) is 3. The van der Waals surface area contributed by atoms with Gasteiger partial charge in [-0.3, -0.25) is 9.78 Å². The number of carbonyl (C=O) groups is 1. The zero-order chi connectivity index (χ0) is 29.8. The summed E-state index contributed by atoms with van der Waals surface area (Å²) in [6.45, 7) is 7.81. The van der Waals surface area contributed by atoms with Crippen LogP contribution >= 0.6 is 0 Å². The van der Waals surface area contributed by atoms with Crippen LogP contribution in [0, 0.1) is 6.92 Å². The molecule has 0 bridgehead atoms. The average molecular weight is 591 g/mol. The van der Waals surface area contributed by atoms with Crippen LogP contribution < -0.4 is 15.0 Å². The van der Waals surface area contributed by atoms with Gasteiger partial charge in [0.25, 0.3) is 5.91 Å². The molecular weight excluding hydrogens is 551 g/mol. The molecule has 1 N–H and O–H groups in total. The number of halogens is 1. The number of nitrogens with one attached hydrogen (secondary N) is 1. The summed E-state index contributed by atoms with van der Waals surface area (Å²) < 4.78 is 38.1. The monoisotopic (exact) mass is 590 g/mol. The van der Waals surface area contributed by atoms with Crippen LogP contribution in [-0.4, -0.2) is 68.3 Å². The summed E-state index contributed by atoms with van der Waals surface area (Å²) in [7, 11) is 0. The third kappa shape index (κ3) is 6.98. The van der Waals surface area contributed by atoms with Gasteiger partial charge in [0.15, 0.2) is 6.29 Å². The molecular formula is C33H39FN4O5. The van der Waals surface area contributed by atoms with E-state index in [0.29, 0.717) is 62.0 Å². The maximum Gasteiger partial charge on any atom is 0.257 e. The predicted octanol–water partition coefficient (Wildman–Crippen LogP) is 5.59. The first kappa shape index (κ1) is 29.5. The van der Waals surface area contributed by atoms with E-state index in [9.17, 15) is 9.18 Å². The van der Waals surface area contributed by atoms with Crippen LogP contribution in [-0.2, 0) is 26.3 Å². The minimum absolute atomic E-state index is 0.171. The van der Waals surface area contributed by atoms with E-state index in [1.165, 1.54) is 6.20 Å². The van der Waals surface area contributed by atoms with Crippen molar-refractivity contribution >= 4 is 17.4 Å². The lowest BCUT2D eigenvalue weighted by Crippen LogP contribution is -2.36. The van der Waals surface area contributed by atoms with Gasteiger partial charge in [-0.05, 0) is 86.9 Å². The van der Waals surface area contributed by atoms with Gasteiger partial charge in [0.2, 0.25) is 5.88 Å². The largest absolute Gasteiger partial charge is 0.475 e. The number of aryl methyl sites for hydroxylation is 2. The Morgan fingerprint density at radius 2 is 2.00 bits per heavy atom. The van der Waals surface area contributed by atoms with Crippen molar-refractivity contribution in [2.24, 2.45) is 0 Å². The number of alkyl halides is 1. The molecule has 4 heterocycles. The van der Waals surface area contributed by atoms with Crippen molar-refractivity contribution in [3.63, 3.8) is 0 Å². The molecule has 1 amide bonds. The summed E-state index contributed by atoms with van der Waals surface area (Å²) in [5.74, 6) is 0.974. The van der Waals surface area contributed by atoms with Crippen LogP contribution in [0.1, 0.15) is 59.8 Å². The standard InChI is InChI=1S/C33H39FN4O5/c1-22-6-7-25(36-32(39)24-17-27-28(35-21-24)8-9-33(27,2)34)20-26(22)23-18-29(38-10-13-40-14-11-38)37-30(19-23)41-15-16-43-31-5-3-4-12-42-31/h6-7,17-21,31H,3-5,8-16H2,1-2H3,(H,36,39). The van der Waals surface area contributed by atoms with E-state index in [0.717, 1.165) is 67.2 Å². The van der Waals surface area contributed by atoms with E-state index in [2.05, 4.69) is 15.2 Å². The fraction of sp³-hybridized carbons (Fsp3) is 0.485. The number of benzene rings is 1. The number of hydrogen-bond acceptors (Lipinski definition) is 8. The van der Waals surface area contributed by atoms with E-state index < -0.39 is 5.67 Å². The zero-order valence-electron chi connectivity index (χ0n) is 24.9. The Bertz CT molecular complexity index is 1450. The van der Waals surface area contributed by atoms with Crippen molar-refractivity contribution < 1.29 is 28.1 Å². The number of fused-ring (bicyclic) bond motifs is 1. The van der Waals surface area contributed by atoms with Gasteiger partial charge in [0.05, 0.1) is 25.4 Å². The Morgan fingerprint density at radius 1 is 1.14 bits per heavy atom. The van der Waals surface area contributed by atoms with Crippen LogP contribution in [0.15, 0.2) is 42.6 Å². The highest BCUT2D eigenvalue weighted by atomic mass is 19.1. The van der Waals surface area contributed by atoms with E-state index in [1.807, 2.05) is 37.3 Å². The smallest absolute Gasteiger partial charge is 0.257 e. The van der Waals surface area contributed by atoms with Crippen molar-refractivity contribution in [3.05, 3.63) is 65.0 Å². The molecule has 3 aliphatic rings. The van der Waals surface area contributed by atoms with E-state index in [4.69, 9.17) is 23.9 Å². The van der Waals surface area contributed by atoms with Crippen LogP contribution in [0.2, 0.25) is 0 Å². The number of rotatable bonds is 9. The van der Waals surface area contributed by atoms with Crippen molar-refractivity contribution in [2.45, 2.75) is 57.9 Å². The lowest BCUT2D eigenvalue weighted by atomic mass is 9.99. The molecule has 2 unspecified atom stereocenters. The van der Waals surface area contributed by atoms with E-state index >= 15 is 0 Å².